The second-order valence-electron chi connectivity index (χ2n) is 9.25. The van der Waals surface area contributed by atoms with Gasteiger partial charge in [-0.25, -0.2) is 13.4 Å². The van der Waals surface area contributed by atoms with Gasteiger partial charge in [0.25, 0.3) is 0 Å². The van der Waals surface area contributed by atoms with E-state index in [1.807, 2.05) is 33.2 Å². The van der Waals surface area contributed by atoms with Crippen LogP contribution in [-0.2, 0) is 14.8 Å². The van der Waals surface area contributed by atoms with E-state index >= 15 is 0 Å². The van der Waals surface area contributed by atoms with Gasteiger partial charge in [0.15, 0.2) is 5.13 Å². The smallest absolute Gasteiger partial charge is 0.243 e. The van der Waals surface area contributed by atoms with E-state index < -0.39 is 10.0 Å². The lowest BCUT2D eigenvalue weighted by atomic mass is 9.96. The number of hydrogen-bond acceptors (Lipinski definition) is 6. The van der Waals surface area contributed by atoms with Gasteiger partial charge in [-0.3, -0.25) is 9.69 Å². The number of rotatable bonds is 8. The summed E-state index contributed by atoms with van der Waals surface area (Å²) in [7, 11) is 0.455. The number of carbonyl (C=O) groups is 1. The number of amides is 1. The molecule has 1 saturated heterocycles. The van der Waals surface area contributed by atoms with Gasteiger partial charge in [0, 0.05) is 30.6 Å². The fraction of sp³-hybridized carbons (Fsp3) is 0.440. The fourth-order valence-corrected chi connectivity index (χ4v) is 7.01. The van der Waals surface area contributed by atoms with Gasteiger partial charge in [-0.1, -0.05) is 40.6 Å². The minimum atomic E-state index is -3.57. The largest absolute Gasteiger partial charge is 0.309 e. The Hall–Kier alpha value is -2.04. The number of carbonyl (C=O) groups excluding carboxylic acids is 1. The molecule has 1 fully saturated rings. The molecule has 0 spiro atoms. The van der Waals surface area contributed by atoms with Crippen molar-refractivity contribution in [3.63, 3.8) is 0 Å². The van der Waals surface area contributed by atoms with Gasteiger partial charge < -0.3 is 4.90 Å². The molecule has 0 radical (unpaired) electrons. The molecular weight excluding hydrogens is 504 g/mol. The number of piperidine rings is 1. The van der Waals surface area contributed by atoms with Crippen molar-refractivity contribution >= 4 is 54.2 Å². The monoisotopic (exact) mass is 534 g/mol. The van der Waals surface area contributed by atoms with Crippen LogP contribution < -0.4 is 4.90 Å². The Kier molecular flexibility index (Phi) is 8.12. The maximum absolute atomic E-state index is 13.7. The number of sulfonamides is 1. The Bertz CT molecular complexity index is 1280. The van der Waals surface area contributed by atoms with Gasteiger partial charge in [0.05, 0.1) is 15.1 Å². The number of halogens is 1. The number of fused-ring (bicyclic) bond motifs is 1. The van der Waals surface area contributed by atoms with Gasteiger partial charge in [0.2, 0.25) is 15.9 Å². The molecule has 0 atom stereocenters. The first-order valence-electron chi connectivity index (χ1n) is 11.7. The zero-order valence-electron chi connectivity index (χ0n) is 20.3. The van der Waals surface area contributed by atoms with Gasteiger partial charge in [-0.15, -0.1) is 0 Å². The Labute approximate surface area is 216 Å². The van der Waals surface area contributed by atoms with Crippen molar-refractivity contribution in [1.82, 2.24) is 14.2 Å². The average Bonchev–Trinajstić information content (AvgIpc) is 3.24. The van der Waals surface area contributed by atoms with Crippen LogP contribution in [0, 0.1) is 12.8 Å². The molecule has 188 valence electrons. The van der Waals surface area contributed by atoms with Crippen molar-refractivity contribution in [2.45, 2.75) is 31.1 Å². The van der Waals surface area contributed by atoms with E-state index in [1.165, 1.54) is 15.6 Å². The molecule has 1 aliphatic heterocycles. The lowest BCUT2D eigenvalue weighted by molar-refractivity contribution is -0.123. The third-order valence-corrected chi connectivity index (χ3v) is 9.47. The Balaban J connectivity index is 1.49. The normalized spacial score (nSPS) is 15.7. The van der Waals surface area contributed by atoms with E-state index in [4.69, 9.17) is 16.6 Å². The maximum Gasteiger partial charge on any atom is 0.243 e. The molecule has 2 heterocycles. The summed E-state index contributed by atoms with van der Waals surface area (Å²) in [6, 6.07) is 12.4. The third-order valence-electron chi connectivity index (χ3n) is 6.29. The van der Waals surface area contributed by atoms with E-state index in [2.05, 4.69) is 4.90 Å². The SMILES string of the molecule is Cc1ccc(S(=O)(=O)N2CCC(C(=O)N(CCCN(C)C)c3nc4ccc(Cl)cc4s3)CC2)cc1. The summed E-state index contributed by atoms with van der Waals surface area (Å²) >= 11 is 7.62. The first kappa shape index (κ1) is 26.0. The second-order valence-corrected chi connectivity index (χ2v) is 12.6. The molecule has 0 saturated carbocycles. The maximum atomic E-state index is 13.7. The molecule has 3 aromatic rings. The number of anilines is 1. The molecule has 0 bridgehead atoms. The van der Waals surface area contributed by atoms with Crippen molar-refractivity contribution in [1.29, 1.82) is 0 Å². The zero-order chi connectivity index (χ0) is 25.2. The van der Waals surface area contributed by atoms with Crippen molar-refractivity contribution in [3.8, 4) is 0 Å². The van der Waals surface area contributed by atoms with Crippen LogP contribution in [0.1, 0.15) is 24.8 Å². The van der Waals surface area contributed by atoms with E-state index in [0.29, 0.717) is 47.5 Å². The third kappa shape index (κ3) is 6.03. The predicted octanol–water partition coefficient (Wildman–Crippen LogP) is 4.64. The molecular formula is C25H31ClN4O3S2. The Morgan fingerprint density at radius 2 is 1.80 bits per heavy atom. The quantitative estimate of drug-likeness (QED) is 0.421. The summed E-state index contributed by atoms with van der Waals surface area (Å²) in [5, 5.41) is 1.31. The highest BCUT2D eigenvalue weighted by Crippen LogP contribution is 2.33. The molecule has 4 rings (SSSR count). The van der Waals surface area contributed by atoms with Crippen molar-refractivity contribution in [2.75, 3.05) is 45.2 Å². The lowest BCUT2D eigenvalue weighted by Crippen LogP contribution is -2.45. The minimum Gasteiger partial charge on any atom is -0.309 e. The van der Waals surface area contributed by atoms with Gasteiger partial charge in [0.1, 0.15) is 0 Å². The van der Waals surface area contributed by atoms with Crippen LogP contribution in [0.5, 0.6) is 0 Å². The first-order valence-corrected chi connectivity index (χ1v) is 14.4. The van der Waals surface area contributed by atoms with Crippen LogP contribution in [0.4, 0.5) is 5.13 Å². The zero-order valence-corrected chi connectivity index (χ0v) is 22.7. The van der Waals surface area contributed by atoms with Gasteiger partial charge in [-0.05, 0) is 77.2 Å². The van der Waals surface area contributed by atoms with Crippen molar-refractivity contribution in [2.24, 2.45) is 5.92 Å². The molecule has 1 amide bonds. The number of aromatic nitrogens is 1. The highest BCUT2D eigenvalue weighted by molar-refractivity contribution is 7.89. The standard InChI is InChI=1S/C25H31ClN4O3S2/c1-18-5-8-21(9-6-18)35(32,33)29-15-11-19(12-16-29)24(31)30(14-4-13-28(2)3)25-27-22-10-7-20(26)17-23(22)34-25/h5-10,17,19H,4,11-16H2,1-3H3. The Morgan fingerprint density at radius 1 is 1.11 bits per heavy atom. The summed E-state index contributed by atoms with van der Waals surface area (Å²) < 4.78 is 28.6. The number of aryl methyl sites for hydroxylation is 1. The molecule has 0 N–H and O–H groups in total. The van der Waals surface area contributed by atoms with Crippen molar-refractivity contribution in [3.05, 3.63) is 53.1 Å². The van der Waals surface area contributed by atoms with Crippen LogP contribution >= 0.6 is 22.9 Å². The van der Waals surface area contributed by atoms with Crippen LogP contribution in [0.3, 0.4) is 0 Å². The van der Waals surface area contributed by atoms with Crippen LogP contribution in [-0.4, -0.2) is 68.8 Å². The van der Waals surface area contributed by atoms with E-state index in [0.717, 1.165) is 28.7 Å². The highest BCUT2D eigenvalue weighted by atomic mass is 35.5. The van der Waals surface area contributed by atoms with Gasteiger partial charge >= 0.3 is 0 Å². The average molecular weight is 535 g/mol. The minimum absolute atomic E-state index is 0.0151. The number of thiazole rings is 1. The van der Waals surface area contributed by atoms with E-state index in [-0.39, 0.29) is 11.8 Å². The molecule has 2 aromatic carbocycles. The molecule has 35 heavy (non-hydrogen) atoms. The number of hydrogen-bond donors (Lipinski definition) is 0. The Morgan fingerprint density at radius 3 is 2.46 bits per heavy atom. The summed E-state index contributed by atoms with van der Waals surface area (Å²) in [4.78, 5) is 22.6. The molecule has 0 unspecified atom stereocenters. The summed E-state index contributed by atoms with van der Waals surface area (Å²) in [5.41, 5.74) is 1.83. The first-order chi connectivity index (χ1) is 16.6. The molecule has 7 nitrogen and oxygen atoms in total. The lowest BCUT2D eigenvalue weighted by Gasteiger charge is -2.33. The molecule has 0 aliphatic carbocycles. The number of nitrogens with zero attached hydrogens (tertiary/aromatic N) is 4. The second kappa shape index (κ2) is 10.9. The fourth-order valence-electron chi connectivity index (χ4n) is 4.27. The molecule has 1 aromatic heterocycles. The molecule has 1 aliphatic rings. The van der Waals surface area contributed by atoms with Crippen LogP contribution in [0.15, 0.2) is 47.4 Å². The predicted molar refractivity (Wildman–Crippen MR) is 143 cm³/mol. The van der Waals surface area contributed by atoms with Crippen LogP contribution in [0.25, 0.3) is 10.2 Å². The topological polar surface area (TPSA) is 73.8 Å². The summed E-state index contributed by atoms with van der Waals surface area (Å²) in [6.45, 7) is 4.00. The van der Waals surface area contributed by atoms with Crippen molar-refractivity contribution < 1.29 is 13.2 Å². The highest BCUT2D eigenvalue weighted by Gasteiger charge is 2.35. The van der Waals surface area contributed by atoms with E-state index in [9.17, 15) is 13.2 Å². The summed E-state index contributed by atoms with van der Waals surface area (Å²) in [5.74, 6) is -0.226. The molecule has 10 heteroatoms. The van der Waals surface area contributed by atoms with Gasteiger partial charge in [-0.2, -0.15) is 4.31 Å². The number of benzene rings is 2. The van der Waals surface area contributed by atoms with Crippen LogP contribution in [0.2, 0.25) is 5.02 Å². The van der Waals surface area contributed by atoms with E-state index in [1.54, 1.807) is 35.2 Å². The summed E-state index contributed by atoms with van der Waals surface area (Å²) in [6.07, 6.45) is 1.80.